The van der Waals surface area contributed by atoms with Crippen molar-refractivity contribution in [3.05, 3.63) is 0 Å². The van der Waals surface area contributed by atoms with Gasteiger partial charge >= 0.3 is 6.09 Å². The highest BCUT2D eigenvalue weighted by Crippen LogP contribution is 2.19. The minimum absolute atomic E-state index is 0.00178. The molecule has 2 amide bonds. The fourth-order valence-electron chi connectivity index (χ4n) is 3.87. The average Bonchev–Trinajstić information content (AvgIpc) is 2.61. The van der Waals surface area contributed by atoms with Crippen LogP contribution in [0.25, 0.3) is 0 Å². The molecule has 0 aromatic carbocycles. The molecule has 1 unspecified atom stereocenters. The van der Waals surface area contributed by atoms with Gasteiger partial charge in [0.05, 0.1) is 6.61 Å². The van der Waals surface area contributed by atoms with E-state index in [1.54, 1.807) is 18.9 Å². The van der Waals surface area contributed by atoms with E-state index in [2.05, 4.69) is 4.90 Å². The first-order chi connectivity index (χ1) is 12.7. The summed E-state index contributed by atoms with van der Waals surface area (Å²) in [6.45, 7) is 12.0. The zero-order chi connectivity index (χ0) is 20.0. The molecule has 0 aromatic rings. The van der Waals surface area contributed by atoms with Crippen molar-refractivity contribution in [1.29, 1.82) is 0 Å². The van der Waals surface area contributed by atoms with E-state index in [4.69, 9.17) is 9.47 Å². The molecule has 0 saturated carbocycles. The third kappa shape index (κ3) is 6.35. The molecule has 2 saturated heterocycles. The Morgan fingerprint density at radius 1 is 1.15 bits per heavy atom. The predicted molar refractivity (Wildman–Crippen MR) is 105 cm³/mol. The van der Waals surface area contributed by atoms with Crippen molar-refractivity contribution < 1.29 is 19.1 Å². The van der Waals surface area contributed by atoms with Gasteiger partial charge in [-0.25, -0.2) is 4.79 Å². The van der Waals surface area contributed by atoms with Crippen molar-refractivity contribution in [2.24, 2.45) is 0 Å². The summed E-state index contributed by atoms with van der Waals surface area (Å²) >= 11 is 0. The van der Waals surface area contributed by atoms with E-state index in [9.17, 15) is 9.59 Å². The number of nitrogens with zero attached hydrogens (tertiary/aromatic N) is 3. The monoisotopic (exact) mass is 383 g/mol. The Morgan fingerprint density at radius 3 is 2.41 bits per heavy atom. The van der Waals surface area contributed by atoms with Gasteiger partial charge in [0.2, 0.25) is 5.91 Å². The molecule has 27 heavy (non-hydrogen) atoms. The fourth-order valence-corrected chi connectivity index (χ4v) is 3.87. The molecule has 2 aliphatic rings. The van der Waals surface area contributed by atoms with Gasteiger partial charge in [0.15, 0.2) is 0 Å². The molecule has 2 aliphatic heterocycles. The second kappa shape index (κ2) is 9.73. The first-order valence-corrected chi connectivity index (χ1v) is 10.2. The predicted octanol–water partition coefficient (Wildman–Crippen LogP) is 2.35. The SMILES string of the molecule is COCC(CCN1CCN(C(=O)OC(C)(C)C)[C@@H](C)C1=O)N1CCCCC1. The van der Waals surface area contributed by atoms with Crippen LogP contribution in [0.3, 0.4) is 0 Å². The molecule has 0 N–H and O–H groups in total. The highest BCUT2D eigenvalue weighted by molar-refractivity contribution is 5.86. The highest BCUT2D eigenvalue weighted by atomic mass is 16.6. The van der Waals surface area contributed by atoms with Gasteiger partial charge < -0.3 is 14.4 Å². The summed E-state index contributed by atoms with van der Waals surface area (Å²) in [5, 5.41) is 0. The number of hydrogen-bond acceptors (Lipinski definition) is 5. The first kappa shape index (κ1) is 22.0. The average molecular weight is 384 g/mol. The molecule has 156 valence electrons. The number of carbonyl (C=O) groups excluding carboxylic acids is 2. The summed E-state index contributed by atoms with van der Waals surface area (Å²) in [6, 6.07) is -0.133. The summed E-state index contributed by atoms with van der Waals surface area (Å²) in [5.74, 6) is 0.00178. The number of likely N-dealkylation sites (tertiary alicyclic amines) is 1. The molecule has 0 spiro atoms. The van der Waals surface area contributed by atoms with Gasteiger partial charge in [-0.15, -0.1) is 0 Å². The summed E-state index contributed by atoms with van der Waals surface area (Å²) in [4.78, 5) is 31.1. The topological polar surface area (TPSA) is 62.3 Å². The zero-order valence-corrected chi connectivity index (χ0v) is 17.7. The van der Waals surface area contributed by atoms with E-state index in [1.165, 1.54) is 19.3 Å². The molecular formula is C20H37N3O4. The second-order valence-corrected chi connectivity index (χ2v) is 8.67. The standard InChI is InChI=1S/C20H37N3O4/c1-16-18(24)22(13-14-23(16)19(25)27-20(2,3)4)12-9-17(15-26-5)21-10-7-6-8-11-21/h16-17H,6-15H2,1-5H3/t16-,17?/m0/s1. The lowest BCUT2D eigenvalue weighted by molar-refractivity contribution is -0.141. The molecule has 0 aliphatic carbocycles. The minimum atomic E-state index is -0.557. The molecule has 7 nitrogen and oxygen atoms in total. The van der Waals surface area contributed by atoms with Crippen LogP contribution in [-0.4, -0.2) is 90.8 Å². The van der Waals surface area contributed by atoms with Crippen LogP contribution in [0.5, 0.6) is 0 Å². The molecule has 7 heteroatoms. The van der Waals surface area contributed by atoms with Crippen molar-refractivity contribution in [3.63, 3.8) is 0 Å². The molecular weight excluding hydrogens is 346 g/mol. The largest absolute Gasteiger partial charge is 0.444 e. The van der Waals surface area contributed by atoms with Gasteiger partial charge in [-0.05, 0) is 60.0 Å². The Kier molecular flexibility index (Phi) is 7.91. The molecule has 2 atom stereocenters. The first-order valence-electron chi connectivity index (χ1n) is 10.2. The van der Waals surface area contributed by atoms with Gasteiger partial charge in [-0.1, -0.05) is 6.42 Å². The van der Waals surface area contributed by atoms with E-state index < -0.39 is 17.7 Å². The zero-order valence-electron chi connectivity index (χ0n) is 17.7. The van der Waals surface area contributed by atoms with Crippen LogP contribution in [0.1, 0.15) is 53.4 Å². The van der Waals surface area contributed by atoms with Gasteiger partial charge in [0.25, 0.3) is 0 Å². The maximum Gasteiger partial charge on any atom is 0.411 e. The van der Waals surface area contributed by atoms with Crippen LogP contribution in [0.4, 0.5) is 4.79 Å². The minimum Gasteiger partial charge on any atom is -0.444 e. The number of ether oxygens (including phenoxy) is 2. The van der Waals surface area contributed by atoms with Crippen LogP contribution in [0, 0.1) is 0 Å². The molecule has 2 fully saturated rings. The summed E-state index contributed by atoms with van der Waals surface area (Å²) in [5.41, 5.74) is -0.557. The lowest BCUT2D eigenvalue weighted by Gasteiger charge is -2.41. The number of rotatable bonds is 6. The van der Waals surface area contributed by atoms with Crippen molar-refractivity contribution in [2.45, 2.75) is 71.1 Å². The van der Waals surface area contributed by atoms with Crippen molar-refractivity contribution in [2.75, 3.05) is 46.4 Å². The molecule has 2 rings (SSSR count). The number of piperazine rings is 1. The summed E-state index contributed by atoms with van der Waals surface area (Å²) in [7, 11) is 1.74. The Bertz CT molecular complexity index is 500. The van der Waals surface area contributed by atoms with Crippen molar-refractivity contribution in [3.8, 4) is 0 Å². The van der Waals surface area contributed by atoms with E-state index in [0.717, 1.165) is 19.5 Å². The van der Waals surface area contributed by atoms with E-state index in [-0.39, 0.29) is 5.91 Å². The van der Waals surface area contributed by atoms with Gasteiger partial charge in [-0.3, -0.25) is 14.6 Å². The number of methoxy groups -OCH3 is 1. The number of amides is 2. The van der Waals surface area contributed by atoms with E-state index in [0.29, 0.717) is 32.3 Å². The Labute approximate surface area is 163 Å². The lowest BCUT2D eigenvalue weighted by atomic mass is 10.1. The second-order valence-electron chi connectivity index (χ2n) is 8.67. The third-order valence-corrected chi connectivity index (χ3v) is 5.37. The molecule has 2 heterocycles. The van der Waals surface area contributed by atoms with Crippen LogP contribution in [0.2, 0.25) is 0 Å². The normalized spacial score (nSPS) is 23.4. The molecule has 0 bridgehead atoms. The van der Waals surface area contributed by atoms with Crippen LogP contribution < -0.4 is 0 Å². The Morgan fingerprint density at radius 2 is 1.81 bits per heavy atom. The molecule has 0 aromatic heterocycles. The highest BCUT2D eigenvalue weighted by Gasteiger charge is 2.36. The van der Waals surface area contributed by atoms with Crippen LogP contribution in [-0.2, 0) is 14.3 Å². The number of hydrogen-bond donors (Lipinski definition) is 0. The number of carbonyl (C=O) groups is 2. The smallest absolute Gasteiger partial charge is 0.411 e. The summed E-state index contributed by atoms with van der Waals surface area (Å²) < 4.78 is 10.9. The van der Waals surface area contributed by atoms with Crippen LogP contribution >= 0.6 is 0 Å². The fraction of sp³-hybridized carbons (Fsp3) is 0.900. The van der Waals surface area contributed by atoms with Crippen molar-refractivity contribution in [1.82, 2.24) is 14.7 Å². The maximum absolute atomic E-state index is 12.8. The van der Waals surface area contributed by atoms with Gasteiger partial charge in [-0.2, -0.15) is 0 Å². The van der Waals surface area contributed by atoms with Gasteiger partial charge in [0, 0.05) is 32.8 Å². The molecule has 0 radical (unpaired) electrons. The Hall–Kier alpha value is -1.34. The summed E-state index contributed by atoms with van der Waals surface area (Å²) in [6.07, 6.45) is 4.28. The number of piperidine rings is 1. The van der Waals surface area contributed by atoms with Gasteiger partial charge in [0.1, 0.15) is 11.6 Å². The quantitative estimate of drug-likeness (QED) is 0.705. The maximum atomic E-state index is 12.8. The van der Waals surface area contributed by atoms with E-state index in [1.807, 2.05) is 25.7 Å². The third-order valence-electron chi connectivity index (χ3n) is 5.37. The Balaban J connectivity index is 1.88. The van der Waals surface area contributed by atoms with Crippen molar-refractivity contribution >= 4 is 12.0 Å². The lowest BCUT2D eigenvalue weighted by Crippen LogP contribution is -2.58. The van der Waals surface area contributed by atoms with Crippen LogP contribution in [0.15, 0.2) is 0 Å². The van der Waals surface area contributed by atoms with E-state index >= 15 is 0 Å².